The average Bonchev–Trinajstić information content (AvgIpc) is 2.33. The predicted molar refractivity (Wildman–Crippen MR) is 68.1 cm³/mol. The van der Waals surface area contributed by atoms with Gasteiger partial charge >= 0.3 is 0 Å². The zero-order valence-corrected chi connectivity index (χ0v) is 9.44. The van der Waals surface area contributed by atoms with Crippen LogP contribution in [0.1, 0.15) is 10.4 Å². The van der Waals surface area contributed by atoms with E-state index in [1.165, 1.54) is 0 Å². The summed E-state index contributed by atoms with van der Waals surface area (Å²) in [5, 5.41) is 8.39. The van der Waals surface area contributed by atoms with Gasteiger partial charge in [-0.3, -0.25) is 4.79 Å². The lowest BCUT2D eigenvalue weighted by Crippen LogP contribution is -2.56. The zero-order chi connectivity index (χ0) is 11.7. The number of carbonyl (C=O) groups excluding carboxylic acids is 1. The van der Waals surface area contributed by atoms with E-state index in [2.05, 4.69) is 10.6 Å². The summed E-state index contributed by atoms with van der Waals surface area (Å²) in [6.07, 6.45) is 0. The summed E-state index contributed by atoms with van der Waals surface area (Å²) < 4.78 is 0. The van der Waals surface area contributed by atoms with Gasteiger partial charge in [0.15, 0.2) is 0 Å². The van der Waals surface area contributed by atoms with Gasteiger partial charge in [0, 0.05) is 18.7 Å². The largest absolute Gasteiger partial charge is 0.347 e. The lowest BCUT2D eigenvalue weighted by atomic mass is 10.1. The minimum atomic E-state index is 0.0160. The van der Waals surface area contributed by atoms with E-state index in [0.29, 0.717) is 0 Å². The molecule has 0 bridgehead atoms. The van der Waals surface area contributed by atoms with Gasteiger partial charge in [0.05, 0.1) is 6.04 Å². The van der Waals surface area contributed by atoms with Crippen LogP contribution in [0.5, 0.6) is 0 Å². The molecular formula is C14H14N2O. The van der Waals surface area contributed by atoms with Crippen LogP contribution in [0.25, 0.3) is 10.8 Å². The summed E-state index contributed by atoms with van der Waals surface area (Å²) in [5.74, 6) is 0.0160. The van der Waals surface area contributed by atoms with Crippen molar-refractivity contribution in [2.45, 2.75) is 6.04 Å². The van der Waals surface area contributed by atoms with Crippen molar-refractivity contribution in [1.82, 2.24) is 10.6 Å². The van der Waals surface area contributed by atoms with E-state index in [0.717, 1.165) is 29.4 Å². The molecule has 1 amide bonds. The third-order valence-electron chi connectivity index (χ3n) is 3.13. The number of amides is 1. The van der Waals surface area contributed by atoms with Crippen LogP contribution < -0.4 is 10.6 Å². The summed E-state index contributed by atoms with van der Waals surface area (Å²) in [7, 11) is 0. The Labute approximate surface area is 99.8 Å². The van der Waals surface area contributed by atoms with Crippen molar-refractivity contribution >= 4 is 16.7 Å². The SMILES string of the molecule is O=C(NC1CNC1)c1ccc2ccccc2c1. The fraction of sp³-hybridized carbons (Fsp3) is 0.214. The molecule has 86 valence electrons. The number of rotatable bonds is 2. The monoisotopic (exact) mass is 226 g/mol. The lowest BCUT2D eigenvalue weighted by Gasteiger charge is -2.27. The van der Waals surface area contributed by atoms with Crippen molar-refractivity contribution in [3.63, 3.8) is 0 Å². The molecule has 0 aromatic heterocycles. The number of benzene rings is 2. The maximum Gasteiger partial charge on any atom is 0.251 e. The Morgan fingerprint density at radius 3 is 2.59 bits per heavy atom. The lowest BCUT2D eigenvalue weighted by molar-refractivity contribution is 0.0924. The van der Waals surface area contributed by atoms with Crippen LogP contribution in [0.4, 0.5) is 0 Å². The van der Waals surface area contributed by atoms with Crippen LogP contribution in [-0.4, -0.2) is 25.0 Å². The molecule has 0 atom stereocenters. The minimum Gasteiger partial charge on any atom is -0.347 e. The van der Waals surface area contributed by atoms with Crippen LogP contribution in [0.3, 0.4) is 0 Å². The first-order valence-corrected chi connectivity index (χ1v) is 5.83. The molecule has 0 aliphatic carbocycles. The molecule has 2 aromatic carbocycles. The van der Waals surface area contributed by atoms with E-state index in [-0.39, 0.29) is 11.9 Å². The van der Waals surface area contributed by atoms with Crippen LogP contribution >= 0.6 is 0 Å². The van der Waals surface area contributed by atoms with E-state index in [9.17, 15) is 4.79 Å². The molecule has 2 aromatic rings. The topological polar surface area (TPSA) is 41.1 Å². The maximum atomic E-state index is 12.0. The van der Waals surface area contributed by atoms with Crippen LogP contribution in [-0.2, 0) is 0 Å². The molecule has 1 aliphatic rings. The van der Waals surface area contributed by atoms with Crippen molar-refractivity contribution < 1.29 is 4.79 Å². The van der Waals surface area contributed by atoms with Gasteiger partial charge in [-0.05, 0) is 22.9 Å². The number of nitrogens with one attached hydrogen (secondary N) is 2. The standard InChI is InChI=1S/C14H14N2O/c17-14(16-13-8-15-9-13)12-6-5-10-3-1-2-4-11(10)7-12/h1-7,13,15H,8-9H2,(H,16,17). The average molecular weight is 226 g/mol. The summed E-state index contributed by atoms with van der Waals surface area (Å²) in [6.45, 7) is 1.75. The van der Waals surface area contributed by atoms with Crippen molar-refractivity contribution in [3.05, 3.63) is 48.0 Å². The molecule has 3 rings (SSSR count). The van der Waals surface area contributed by atoms with Gasteiger partial charge in [-0.25, -0.2) is 0 Å². The van der Waals surface area contributed by atoms with Gasteiger partial charge < -0.3 is 10.6 Å². The van der Waals surface area contributed by atoms with E-state index >= 15 is 0 Å². The predicted octanol–water partition coefficient (Wildman–Crippen LogP) is 1.54. The van der Waals surface area contributed by atoms with Crippen molar-refractivity contribution in [3.8, 4) is 0 Å². The fourth-order valence-corrected chi connectivity index (χ4v) is 1.99. The Balaban J connectivity index is 1.86. The molecule has 0 saturated carbocycles. The molecular weight excluding hydrogens is 212 g/mol. The molecule has 3 nitrogen and oxygen atoms in total. The quantitative estimate of drug-likeness (QED) is 0.815. The van der Waals surface area contributed by atoms with Gasteiger partial charge in [-0.1, -0.05) is 30.3 Å². The molecule has 1 aliphatic heterocycles. The minimum absolute atomic E-state index is 0.0160. The molecule has 2 N–H and O–H groups in total. The van der Waals surface area contributed by atoms with E-state index < -0.39 is 0 Å². The Morgan fingerprint density at radius 2 is 1.88 bits per heavy atom. The third kappa shape index (κ3) is 2.01. The highest BCUT2D eigenvalue weighted by molar-refractivity contribution is 5.98. The Bertz CT molecular complexity index is 561. The summed E-state index contributed by atoms with van der Waals surface area (Å²) >= 11 is 0. The molecule has 0 unspecified atom stereocenters. The molecule has 17 heavy (non-hydrogen) atoms. The summed E-state index contributed by atoms with van der Waals surface area (Å²) in [4.78, 5) is 12.0. The normalized spacial score (nSPS) is 15.5. The van der Waals surface area contributed by atoms with Crippen molar-refractivity contribution in [2.24, 2.45) is 0 Å². The number of hydrogen-bond donors (Lipinski definition) is 2. The molecule has 1 saturated heterocycles. The molecule has 3 heteroatoms. The van der Waals surface area contributed by atoms with E-state index in [1.54, 1.807) is 0 Å². The van der Waals surface area contributed by atoms with Crippen LogP contribution in [0, 0.1) is 0 Å². The first-order valence-electron chi connectivity index (χ1n) is 5.83. The van der Waals surface area contributed by atoms with Crippen molar-refractivity contribution in [1.29, 1.82) is 0 Å². The first kappa shape index (κ1) is 10.3. The highest BCUT2D eigenvalue weighted by Gasteiger charge is 2.19. The van der Waals surface area contributed by atoms with Gasteiger partial charge in [-0.15, -0.1) is 0 Å². The summed E-state index contributed by atoms with van der Waals surface area (Å²) in [6, 6.07) is 14.2. The van der Waals surface area contributed by atoms with Gasteiger partial charge in [0.2, 0.25) is 0 Å². The van der Waals surface area contributed by atoms with Gasteiger partial charge in [0.1, 0.15) is 0 Å². The second kappa shape index (κ2) is 4.18. The Kier molecular flexibility index (Phi) is 2.53. The highest BCUT2D eigenvalue weighted by Crippen LogP contribution is 2.15. The van der Waals surface area contributed by atoms with Crippen molar-refractivity contribution in [2.75, 3.05) is 13.1 Å². The second-order valence-corrected chi connectivity index (χ2v) is 4.39. The van der Waals surface area contributed by atoms with Gasteiger partial charge in [0.25, 0.3) is 5.91 Å². The fourth-order valence-electron chi connectivity index (χ4n) is 1.99. The molecule has 0 radical (unpaired) electrons. The van der Waals surface area contributed by atoms with Crippen LogP contribution in [0.2, 0.25) is 0 Å². The Morgan fingerprint density at radius 1 is 1.12 bits per heavy atom. The summed E-state index contributed by atoms with van der Waals surface area (Å²) in [5.41, 5.74) is 0.732. The smallest absolute Gasteiger partial charge is 0.251 e. The van der Waals surface area contributed by atoms with Crippen LogP contribution in [0.15, 0.2) is 42.5 Å². The maximum absolute atomic E-state index is 12.0. The van der Waals surface area contributed by atoms with E-state index in [4.69, 9.17) is 0 Å². The molecule has 1 fully saturated rings. The third-order valence-corrected chi connectivity index (χ3v) is 3.13. The van der Waals surface area contributed by atoms with Gasteiger partial charge in [-0.2, -0.15) is 0 Å². The van der Waals surface area contributed by atoms with E-state index in [1.807, 2.05) is 42.5 Å². The number of carbonyl (C=O) groups is 1. The Hall–Kier alpha value is -1.87. The zero-order valence-electron chi connectivity index (χ0n) is 9.44. The molecule has 0 spiro atoms. The second-order valence-electron chi connectivity index (χ2n) is 4.39. The highest BCUT2D eigenvalue weighted by atomic mass is 16.1. The molecule has 1 heterocycles. The number of fused-ring (bicyclic) bond motifs is 1. The first-order chi connectivity index (χ1) is 8.33. The number of hydrogen-bond acceptors (Lipinski definition) is 2.